The fourth-order valence-corrected chi connectivity index (χ4v) is 2.86. The van der Waals surface area contributed by atoms with Crippen LogP contribution in [0.2, 0.25) is 5.02 Å². The Morgan fingerprint density at radius 3 is 2.61 bits per heavy atom. The standard InChI is InChI=1S/C22H19ClFNO3/c23-19-10-3-1-6-16(19)14-28-21-11-4-2-9-18(21)22(27)25-13-20(26)15-7-5-8-17(24)12-15/h1-12,20,26H,13-14H2,(H,25,27). The molecule has 2 N–H and O–H groups in total. The lowest BCUT2D eigenvalue weighted by Crippen LogP contribution is -2.28. The van der Waals surface area contributed by atoms with Gasteiger partial charge in [0.1, 0.15) is 18.2 Å². The lowest BCUT2D eigenvalue weighted by atomic mass is 10.1. The molecular weight excluding hydrogens is 381 g/mol. The second kappa shape index (κ2) is 9.35. The number of carbonyl (C=O) groups is 1. The van der Waals surface area contributed by atoms with Crippen LogP contribution in [0.1, 0.15) is 27.6 Å². The van der Waals surface area contributed by atoms with Crippen LogP contribution < -0.4 is 10.1 Å². The second-order valence-corrected chi connectivity index (χ2v) is 6.56. The van der Waals surface area contributed by atoms with Crippen molar-refractivity contribution in [1.29, 1.82) is 0 Å². The van der Waals surface area contributed by atoms with E-state index in [-0.39, 0.29) is 13.2 Å². The first-order chi connectivity index (χ1) is 13.5. The molecule has 0 aliphatic heterocycles. The zero-order valence-corrected chi connectivity index (χ0v) is 15.7. The van der Waals surface area contributed by atoms with Crippen LogP contribution in [0.5, 0.6) is 5.75 Å². The van der Waals surface area contributed by atoms with Gasteiger partial charge in [-0.15, -0.1) is 0 Å². The molecule has 0 saturated heterocycles. The van der Waals surface area contributed by atoms with Gasteiger partial charge in [-0.25, -0.2) is 4.39 Å². The number of nitrogens with one attached hydrogen (secondary N) is 1. The van der Waals surface area contributed by atoms with Gasteiger partial charge in [-0.1, -0.05) is 54.1 Å². The Morgan fingerprint density at radius 2 is 1.82 bits per heavy atom. The highest BCUT2D eigenvalue weighted by Crippen LogP contribution is 2.22. The van der Waals surface area contributed by atoms with E-state index in [4.69, 9.17) is 16.3 Å². The van der Waals surface area contributed by atoms with E-state index in [1.54, 1.807) is 36.4 Å². The lowest BCUT2D eigenvalue weighted by molar-refractivity contribution is 0.0911. The Kier molecular flexibility index (Phi) is 6.63. The molecule has 1 atom stereocenters. The third-order valence-corrected chi connectivity index (χ3v) is 4.53. The van der Waals surface area contributed by atoms with Crippen LogP contribution in [0.25, 0.3) is 0 Å². The number of para-hydroxylation sites is 1. The maximum atomic E-state index is 13.3. The van der Waals surface area contributed by atoms with Crippen molar-refractivity contribution in [2.45, 2.75) is 12.7 Å². The molecule has 0 bridgehead atoms. The van der Waals surface area contributed by atoms with E-state index in [9.17, 15) is 14.3 Å². The Bertz CT molecular complexity index is 964. The van der Waals surface area contributed by atoms with Crippen LogP contribution >= 0.6 is 11.6 Å². The minimum absolute atomic E-state index is 0.0544. The molecule has 0 aliphatic carbocycles. The Balaban J connectivity index is 1.64. The summed E-state index contributed by atoms with van der Waals surface area (Å²) in [6, 6.07) is 19.7. The fraction of sp³-hybridized carbons (Fsp3) is 0.136. The van der Waals surface area contributed by atoms with Crippen LogP contribution in [-0.2, 0) is 6.61 Å². The molecule has 0 fully saturated rings. The molecule has 0 saturated carbocycles. The molecule has 0 radical (unpaired) electrons. The molecule has 4 nitrogen and oxygen atoms in total. The molecule has 0 heterocycles. The highest BCUT2D eigenvalue weighted by atomic mass is 35.5. The first kappa shape index (κ1) is 19.9. The Hall–Kier alpha value is -2.89. The molecule has 144 valence electrons. The fourth-order valence-electron chi connectivity index (χ4n) is 2.67. The number of aliphatic hydroxyl groups excluding tert-OH is 1. The van der Waals surface area contributed by atoms with E-state index in [1.807, 2.05) is 18.2 Å². The molecule has 28 heavy (non-hydrogen) atoms. The van der Waals surface area contributed by atoms with Gasteiger partial charge in [0.15, 0.2) is 0 Å². The van der Waals surface area contributed by atoms with Crippen molar-refractivity contribution >= 4 is 17.5 Å². The summed E-state index contributed by atoms with van der Waals surface area (Å²) < 4.78 is 19.0. The number of rotatable bonds is 7. The maximum Gasteiger partial charge on any atom is 0.255 e. The van der Waals surface area contributed by atoms with E-state index < -0.39 is 17.8 Å². The van der Waals surface area contributed by atoms with Crippen molar-refractivity contribution in [2.75, 3.05) is 6.54 Å². The summed E-state index contributed by atoms with van der Waals surface area (Å²) in [6.07, 6.45) is -1.02. The van der Waals surface area contributed by atoms with Gasteiger partial charge in [-0.05, 0) is 35.9 Å². The number of benzene rings is 3. The summed E-state index contributed by atoms with van der Waals surface area (Å²) in [4.78, 5) is 12.5. The van der Waals surface area contributed by atoms with Crippen molar-refractivity contribution in [3.63, 3.8) is 0 Å². The van der Waals surface area contributed by atoms with Crippen molar-refractivity contribution in [2.24, 2.45) is 0 Å². The third-order valence-electron chi connectivity index (χ3n) is 4.16. The van der Waals surface area contributed by atoms with Crippen molar-refractivity contribution in [1.82, 2.24) is 5.32 Å². The molecular formula is C22H19ClFNO3. The largest absolute Gasteiger partial charge is 0.488 e. The minimum atomic E-state index is -1.02. The van der Waals surface area contributed by atoms with Crippen LogP contribution in [0.15, 0.2) is 72.8 Å². The van der Waals surface area contributed by atoms with Gasteiger partial charge >= 0.3 is 0 Å². The van der Waals surface area contributed by atoms with Gasteiger partial charge in [-0.2, -0.15) is 0 Å². The van der Waals surface area contributed by atoms with E-state index in [0.717, 1.165) is 5.56 Å². The van der Waals surface area contributed by atoms with E-state index in [0.29, 0.717) is 21.9 Å². The summed E-state index contributed by atoms with van der Waals surface area (Å²) in [7, 11) is 0. The van der Waals surface area contributed by atoms with Crippen LogP contribution in [0, 0.1) is 5.82 Å². The smallest absolute Gasteiger partial charge is 0.255 e. The molecule has 3 aromatic carbocycles. The molecule has 6 heteroatoms. The number of amides is 1. The van der Waals surface area contributed by atoms with E-state index in [2.05, 4.69) is 5.32 Å². The molecule has 3 rings (SSSR count). The van der Waals surface area contributed by atoms with Crippen LogP contribution in [0.4, 0.5) is 4.39 Å². The minimum Gasteiger partial charge on any atom is -0.488 e. The zero-order valence-electron chi connectivity index (χ0n) is 14.9. The SMILES string of the molecule is O=C(NCC(O)c1cccc(F)c1)c1ccccc1OCc1ccccc1Cl. The predicted molar refractivity (Wildman–Crippen MR) is 106 cm³/mol. The van der Waals surface area contributed by atoms with Crippen LogP contribution in [-0.4, -0.2) is 17.6 Å². The van der Waals surface area contributed by atoms with Crippen molar-refractivity contribution in [3.05, 3.63) is 100 Å². The number of hydrogen-bond acceptors (Lipinski definition) is 3. The molecule has 1 amide bonds. The number of halogens is 2. The van der Waals surface area contributed by atoms with E-state index >= 15 is 0 Å². The molecule has 0 aliphatic rings. The Morgan fingerprint density at radius 1 is 1.07 bits per heavy atom. The van der Waals surface area contributed by atoms with Gasteiger partial charge in [0.05, 0.1) is 11.7 Å². The number of carbonyl (C=O) groups excluding carboxylic acids is 1. The lowest BCUT2D eigenvalue weighted by Gasteiger charge is -2.15. The highest BCUT2D eigenvalue weighted by molar-refractivity contribution is 6.31. The van der Waals surface area contributed by atoms with Crippen molar-refractivity contribution in [3.8, 4) is 5.75 Å². The first-order valence-electron chi connectivity index (χ1n) is 8.71. The van der Waals surface area contributed by atoms with Gasteiger partial charge < -0.3 is 15.2 Å². The zero-order chi connectivity index (χ0) is 19.9. The van der Waals surface area contributed by atoms with Gasteiger partial charge in [0.2, 0.25) is 0 Å². The van der Waals surface area contributed by atoms with E-state index in [1.165, 1.54) is 18.2 Å². The molecule has 1 unspecified atom stereocenters. The quantitative estimate of drug-likeness (QED) is 0.614. The predicted octanol–water partition coefficient (Wildman–Crippen LogP) is 4.52. The molecule has 0 aromatic heterocycles. The summed E-state index contributed by atoms with van der Waals surface area (Å²) in [5.41, 5.74) is 1.53. The monoisotopic (exact) mass is 399 g/mol. The summed E-state index contributed by atoms with van der Waals surface area (Å²) in [5, 5.41) is 13.4. The third kappa shape index (κ3) is 5.09. The second-order valence-electron chi connectivity index (χ2n) is 6.16. The average Bonchev–Trinajstić information content (AvgIpc) is 2.71. The van der Waals surface area contributed by atoms with Gasteiger partial charge in [-0.3, -0.25) is 4.79 Å². The molecule has 3 aromatic rings. The first-order valence-corrected chi connectivity index (χ1v) is 9.09. The summed E-state index contributed by atoms with van der Waals surface area (Å²) in [5.74, 6) is -0.438. The maximum absolute atomic E-state index is 13.3. The van der Waals surface area contributed by atoms with Gasteiger partial charge in [0, 0.05) is 17.1 Å². The number of hydrogen-bond donors (Lipinski definition) is 2. The summed E-state index contributed by atoms with van der Waals surface area (Å²) in [6.45, 7) is 0.164. The number of ether oxygens (including phenoxy) is 1. The number of aliphatic hydroxyl groups is 1. The average molecular weight is 400 g/mol. The highest BCUT2D eigenvalue weighted by Gasteiger charge is 2.15. The summed E-state index contributed by atoms with van der Waals surface area (Å²) >= 11 is 6.13. The Labute approximate surface area is 167 Å². The normalized spacial score (nSPS) is 11.7. The topological polar surface area (TPSA) is 58.6 Å². The van der Waals surface area contributed by atoms with Crippen LogP contribution in [0.3, 0.4) is 0 Å². The molecule has 0 spiro atoms. The van der Waals surface area contributed by atoms with Gasteiger partial charge in [0.25, 0.3) is 5.91 Å². The van der Waals surface area contributed by atoms with Crippen molar-refractivity contribution < 1.29 is 19.0 Å².